The molecule has 122 valence electrons. The number of aliphatic imine (C=N–C) groups is 1. The van der Waals surface area contributed by atoms with E-state index in [0.717, 1.165) is 34.9 Å². The molecule has 5 heteroatoms. The summed E-state index contributed by atoms with van der Waals surface area (Å²) in [5.41, 5.74) is 3.63. The van der Waals surface area contributed by atoms with Crippen molar-refractivity contribution in [2.75, 3.05) is 26.0 Å². The number of nitrogens with zero attached hydrogens (tertiary/aromatic N) is 2. The molecule has 0 aromatic heterocycles. The Morgan fingerprint density at radius 2 is 1.96 bits per heavy atom. The smallest absolute Gasteiger partial charge is 0.119 e. The van der Waals surface area contributed by atoms with Gasteiger partial charge in [-0.1, -0.05) is 11.6 Å². The van der Waals surface area contributed by atoms with E-state index in [0.29, 0.717) is 5.02 Å². The first-order valence-corrected chi connectivity index (χ1v) is 7.87. The number of rotatable bonds is 6. The minimum Gasteiger partial charge on any atom is -0.497 e. The van der Waals surface area contributed by atoms with Gasteiger partial charge in [0.25, 0.3) is 0 Å². The maximum atomic E-state index is 6.41. The molecule has 0 radical (unpaired) electrons. The van der Waals surface area contributed by atoms with Crippen LogP contribution in [0.1, 0.15) is 12.5 Å². The molecule has 0 heterocycles. The van der Waals surface area contributed by atoms with Crippen LogP contribution in [0.5, 0.6) is 5.75 Å². The molecule has 0 saturated heterocycles. The highest BCUT2D eigenvalue weighted by atomic mass is 35.5. The number of methoxy groups -OCH3 is 1. The third-order valence-electron chi connectivity index (χ3n) is 3.51. The average Bonchev–Trinajstić information content (AvgIpc) is 2.57. The van der Waals surface area contributed by atoms with Gasteiger partial charge in [0.15, 0.2) is 0 Å². The van der Waals surface area contributed by atoms with Crippen LogP contribution in [-0.2, 0) is 0 Å². The van der Waals surface area contributed by atoms with Crippen LogP contribution in [0.2, 0.25) is 5.02 Å². The van der Waals surface area contributed by atoms with Crippen LogP contribution in [-0.4, -0.2) is 31.9 Å². The van der Waals surface area contributed by atoms with Crippen LogP contribution in [0, 0.1) is 6.92 Å². The van der Waals surface area contributed by atoms with E-state index >= 15 is 0 Å². The molecule has 0 aliphatic rings. The van der Waals surface area contributed by atoms with Gasteiger partial charge in [-0.05, 0) is 55.8 Å². The molecular formula is C18H22ClN3O. The first-order chi connectivity index (χ1) is 11.0. The highest BCUT2D eigenvalue weighted by Gasteiger charge is 2.07. The molecule has 0 bridgehead atoms. The highest BCUT2D eigenvalue weighted by molar-refractivity contribution is 6.34. The molecule has 4 nitrogen and oxygen atoms in total. The molecule has 0 unspecified atom stereocenters. The summed E-state index contributed by atoms with van der Waals surface area (Å²) in [6.45, 7) is 4.97. The summed E-state index contributed by atoms with van der Waals surface area (Å²) in [6.07, 6.45) is 1.82. The van der Waals surface area contributed by atoms with E-state index in [2.05, 4.69) is 17.2 Å². The van der Waals surface area contributed by atoms with Crippen LogP contribution in [0.3, 0.4) is 0 Å². The maximum Gasteiger partial charge on any atom is 0.119 e. The second-order valence-corrected chi connectivity index (χ2v) is 5.67. The molecule has 0 saturated carbocycles. The lowest BCUT2D eigenvalue weighted by molar-refractivity contribution is 0.415. The Hall–Kier alpha value is -2.20. The molecule has 2 rings (SSSR count). The number of halogens is 1. The zero-order valence-corrected chi connectivity index (χ0v) is 14.7. The van der Waals surface area contributed by atoms with Crippen molar-refractivity contribution in [3.63, 3.8) is 0 Å². The molecule has 0 amide bonds. The summed E-state index contributed by atoms with van der Waals surface area (Å²) >= 11 is 6.41. The molecule has 0 atom stereocenters. The van der Waals surface area contributed by atoms with Crippen LogP contribution >= 0.6 is 11.6 Å². The fourth-order valence-corrected chi connectivity index (χ4v) is 2.15. The molecule has 2 aromatic carbocycles. The number of hydrogen-bond acceptors (Lipinski definition) is 3. The SMILES string of the molecule is CCN(C)C=Nc1cc(C)c(Cl)c(Nc2ccc(OC)cc2)c1. The van der Waals surface area contributed by atoms with Gasteiger partial charge in [-0.25, -0.2) is 4.99 Å². The molecule has 23 heavy (non-hydrogen) atoms. The maximum absolute atomic E-state index is 6.41. The Bertz CT molecular complexity index is 683. The third kappa shape index (κ3) is 4.63. The third-order valence-corrected chi connectivity index (χ3v) is 4.01. The molecule has 0 spiro atoms. The van der Waals surface area contributed by atoms with E-state index in [1.54, 1.807) is 7.11 Å². The summed E-state index contributed by atoms with van der Waals surface area (Å²) in [4.78, 5) is 6.51. The predicted molar refractivity (Wildman–Crippen MR) is 98.9 cm³/mol. The lowest BCUT2D eigenvalue weighted by Crippen LogP contribution is -2.14. The van der Waals surface area contributed by atoms with Gasteiger partial charge in [-0.3, -0.25) is 0 Å². The minimum absolute atomic E-state index is 0.698. The van der Waals surface area contributed by atoms with E-state index in [9.17, 15) is 0 Å². The second-order valence-electron chi connectivity index (χ2n) is 5.30. The molecule has 1 N–H and O–H groups in total. The summed E-state index contributed by atoms with van der Waals surface area (Å²) in [7, 11) is 3.64. The summed E-state index contributed by atoms with van der Waals surface area (Å²) in [5.74, 6) is 0.818. The Balaban J connectivity index is 2.26. The fraction of sp³-hybridized carbons (Fsp3) is 0.278. The summed E-state index contributed by atoms with van der Waals surface area (Å²) < 4.78 is 5.17. The van der Waals surface area contributed by atoms with Gasteiger partial charge in [0, 0.05) is 19.3 Å². The lowest BCUT2D eigenvalue weighted by atomic mass is 10.2. The van der Waals surface area contributed by atoms with Crippen LogP contribution in [0.4, 0.5) is 17.1 Å². The van der Waals surface area contributed by atoms with Crippen LogP contribution in [0.15, 0.2) is 41.4 Å². The summed E-state index contributed by atoms with van der Waals surface area (Å²) in [5, 5.41) is 4.03. The first-order valence-electron chi connectivity index (χ1n) is 7.49. The van der Waals surface area contributed by atoms with Crippen LogP contribution < -0.4 is 10.1 Å². The highest BCUT2D eigenvalue weighted by Crippen LogP contribution is 2.33. The predicted octanol–water partition coefficient (Wildman–Crippen LogP) is 5.01. The van der Waals surface area contributed by atoms with E-state index in [1.807, 2.05) is 61.6 Å². The zero-order chi connectivity index (χ0) is 16.8. The summed E-state index contributed by atoms with van der Waals surface area (Å²) in [6, 6.07) is 11.6. The van der Waals surface area contributed by atoms with Gasteiger partial charge in [0.05, 0.1) is 29.8 Å². The van der Waals surface area contributed by atoms with E-state index < -0.39 is 0 Å². The number of aryl methyl sites for hydroxylation is 1. The lowest BCUT2D eigenvalue weighted by Gasteiger charge is -2.13. The Labute approximate surface area is 142 Å². The molecule has 0 aliphatic heterocycles. The first kappa shape index (κ1) is 17.2. The normalized spacial score (nSPS) is 10.8. The second kappa shape index (κ2) is 7.88. The van der Waals surface area contributed by atoms with Crippen molar-refractivity contribution in [1.29, 1.82) is 0 Å². The van der Waals surface area contributed by atoms with E-state index in [1.165, 1.54) is 0 Å². The zero-order valence-electron chi connectivity index (χ0n) is 13.9. The van der Waals surface area contributed by atoms with Gasteiger partial charge >= 0.3 is 0 Å². The number of nitrogens with one attached hydrogen (secondary N) is 1. The number of benzene rings is 2. The number of anilines is 2. The largest absolute Gasteiger partial charge is 0.497 e. The van der Waals surface area contributed by atoms with E-state index in [4.69, 9.17) is 16.3 Å². The van der Waals surface area contributed by atoms with Gasteiger partial charge in [0.1, 0.15) is 5.75 Å². The topological polar surface area (TPSA) is 36.9 Å². The van der Waals surface area contributed by atoms with Crippen molar-refractivity contribution >= 4 is 35.0 Å². The van der Waals surface area contributed by atoms with Gasteiger partial charge < -0.3 is 15.0 Å². The Morgan fingerprint density at radius 1 is 1.26 bits per heavy atom. The number of hydrogen-bond donors (Lipinski definition) is 1. The molecular weight excluding hydrogens is 310 g/mol. The number of ether oxygens (including phenoxy) is 1. The van der Waals surface area contributed by atoms with Crippen LogP contribution in [0.25, 0.3) is 0 Å². The van der Waals surface area contributed by atoms with Crippen molar-refractivity contribution in [1.82, 2.24) is 4.90 Å². The molecule has 0 fully saturated rings. The Kier molecular flexibility index (Phi) is 5.88. The van der Waals surface area contributed by atoms with Gasteiger partial charge in [-0.15, -0.1) is 0 Å². The van der Waals surface area contributed by atoms with Crippen molar-refractivity contribution < 1.29 is 4.74 Å². The quantitative estimate of drug-likeness (QED) is 0.597. The van der Waals surface area contributed by atoms with Crippen molar-refractivity contribution in [2.24, 2.45) is 4.99 Å². The fourth-order valence-electron chi connectivity index (χ4n) is 1.99. The van der Waals surface area contributed by atoms with Crippen molar-refractivity contribution in [2.45, 2.75) is 13.8 Å². The minimum atomic E-state index is 0.698. The monoisotopic (exact) mass is 331 g/mol. The molecule has 0 aliphatic carbocycles. The van der Waals surface area contributed by atoms with Crippen molar-refractivity contribution in [3.8, 4) is 5.75 Å². The van der Waals surface area contributed by atoms with Crippen molar-refractivity contribution in [3.05, 3.63) is 47.0 Å². The van der Waals surface area contributed by atoms with Gasteiger partial charge in [-0.2, -0.15) is 0 Å². The standard InChI is InChI=1S/C18H22ClN3O/c1-5-22(3)12-20-15-10-13(2)18(19)17(11-15)21-14-6-8-16(23-4)9-7-14/h6-12,21H,5H2,1-4H3. The van der Waals surface area contributed by atoms with Gasteiger partial charge in [0.2, 0.25) is 0 Å². The Morgan fingerprint density at radius 3 is 2.57 bits per heavy atom. The molecule has 2 aromatic rings. The van der Waals surface area contributed by atoms with E-state index in [-0.39, 0.29) is 0 Å². The average molecular weight is 332 g/mol.